The lowest BCUT2D eigenvalue weighted by molar-refractivity contribution is -0.145. The van der Waals surface area contributed by atoms with Crippen molar-refractivity contribution in [1.82, 2.24) is 19.4 Å². The van der Waals surface area contributed by atoms with E-state index in [1.165, 1.54) is 11.3 Å². The van der Waals surface area contributed by atoms with Crippen molar-refractivity contribution in [2.45, 2.75) is 81.2 Å². The molecule has 45 heavy (non-hydrogen) atoms. The molecule has 4 aliphatic rings. The molecule has 10 nitrogen and oxygen atoms in total. The van der Waals surface area contributed by atoms with Crippen LogP contribution >= 0.6 is 11.3 Å². The summed E-state index contributed by atoms with van der Waals surface area (Å²) in [4.78, 5) is 57.9. The maximum Gasteiger partial charge on any atom is 0.261 e. The number of hydrogen-bond acceptors (Lipinski definition) is 7. The van der Waals surface area contributed by atoms with Crippen molar-refractivity contribution in [2.75, 3.05) is 20.1 Å². The molecule has 0 radical (unpaired) electrons. The Morgan fingerprint density at radius 1 is 1.07 bits per heavy atom. The standard InChI is InChI=1S/C33H40N4O6S2/c1-35(32(40)24-18-28(44-21-24)23-11-7-6-8-12-23)19-22-17-27-31(39)34-30-26(37(33(30)41)45(42,43)25-15-16-25)13-9-4-2-3-5-10-14-29(38)36(27)20-22/h6-9,11-13,18,21-22,25-27,30H,2-5,10,14-17,19-20H2,1H3,(H,34,39)/b13-9-/t22-,26-,27-,30?/m0/s1. The van der Waals surface area contributed by atoms with Gasteiger partial charge in [0.2, 0.25) is 21.8 Å². The summed E-state index contributed by atoms with van der Waals surface area (Å²) in [6, 6.07) is 9.21. The van der Waals surface area contributed by atoms with Crippen LogP contribution in [0, 0.1) is 5.92 Å². The molecule has 3 fully saturated rings. The minimum atomic E-state index is -3.76. The maximum atomic E-state index is 13.7. The molecule has 1 N–H and O–H groups in total. The van der Waals surface area contributed by atoms with Crippen LogP contribution in [-0.4, -0.2) is 89.7 Å². The molecule has 1 aromatic carbocycles. The average Bonchev–Trinajstić information content (AvgIpc) is 3.64. The SMILES string of the molecule is CN(C[C@@H]1C[C@H]2C(=O)NC3C(=O)N(S(=O)(=O)C4CC4)[C@H]3/C=C\CCCCCCC(=O)N2C1)C(=O)c1csc(-c2ccccc2)c1. The number of allylic oxidation sites excluding steroid dienone is 1. The molecule has 240 valence electrons. The summed E-state index contributed by atoms with van der Waals surface area (Å²) >= 11 is 1.51. The van der Waals surface area contributed by atoms with Gasteiger partial charge in [-0.25, -0.2) is 12.7 Å². The molecule has 1 aliphatic carbocycles. The third kappa shape index (κ3) is 6.58. The molecule has 4 heterocycles. The summed E-state index contributed by atoms with van der Waals surface area (Å²) in [6.45, 7) is 0.696. The fourth-order valence-corrected chi connectivity index (χ4v) is 9.47. The van der Waals surface area contributed by atoms with Crippen molar-refractivity contribution in [3.05, 3.63) is 59.5 Å². The predicted molar refractivity (Wildman–Crippen MR) is 172 cm³/mol. The second-order valence-electron chi connectivity index (χ2n) is 12.7. The number of benzene rings is 1. The Kier molecular flexibility index (Phi) is 9.15. The fraction of sp³-hybridized carbons (Fsp3) is 0.515. The summed E-state index contributed by atoms with van der Waals surface area (Å²) in [7, 11) is -2.03. The van der Waals surface area contributed by atoms with Gasteiger partial charge in [0.15, 0.2) is 0 Å². The smallest absolute Gasteiger partial charge is 0.261 e. The summed E-state index contributed by atoms with van der Waals surface area (Å²) in [5.74, 6) is -1.46. The van der Waals surface area contributed by atoms with Crippen LogP contribution in [-0.2, 0) is 24.4 Å². The van der Waals surface area contributed by atoms with Crippen molar-refractivity contribution in [2.24, 2.45) is 5.92 Å². The van der Waals surface area contributed by atoms with Crippen LogP contribution < -0.4 is 5.32 Å². The Hall–Kier alpha value is -3.51. The predicted octanol–water partition coefficient (Wildman–Crippen LogP) is 3.80. The molecule has 3 aliphatic heterocycles. The number of β-lactam (4-membered cyclic amide) rings is 1. The van der Waals surface area contributed by atoms with Crippen LogP contribution in [0.15, 0.2) is 53.9 Å². The van der Waals surface area contributed by atoms with E-state index in [1.807, 2.05) is 47.9 Å². The average molecular weight is 653 g/mol. The van der Waals surface area contributed by atoms with Gasteiger partial charge in [-0.05, 0) is 56.1 Å². The van der Waals surface area contributed by atoms with Gasteiger partial charge in [0.05, 0.1) is 16.9 Å². The normalized spacial score (nSPS) is 27.0. The van der Waals surface area contributed by atoms with Crippen molar-refractivity contribution >= 4 is 45.0 Å². The zero-order chi connectivity index (χ0) is 31.7. The van der Waals surface area contributed by atoms with Gasteiger partial charge in [0.25, 0.3) is 11.8 Å². The first-order valence-corrected chi connectivity index (χ1v) is 18.3. The van der Waals surface area contributed by atoms with Crippen molar-refractivity contribution in [3.8, 4) is 10.4 Å². The third-order valence-corrected chi connectivity index (χ3v) is 12.5. The zero-order valence-corrected chi connectivity index (χ0v) is 27.1. The Balaban J connectivity index is 1.16. The van der Waals surface area contributed by atoms with Crippen molar-refractivity contribution in [3.63, 3.8) is 0 Å². The van der Waals surface area contributed by atoms with Crippen LogP contribution in [0.5, 0.6) is 0 Å². The third-order valence-electron chi connectivity index (χ3n) is 9.25. The lowest BCUT2D eigenvalue weighted by Gasteiger charge is -2.45. The minimum absolute atomic E-state index is 0.112. The van der Waals surface area contributed by atoms with Crippen molar-refractivity contribution in [1.29, 1.82) is 0 Å². The van der Waals surface area contributed by atoms with Gasteiger partial charge >= 0.3 is 0 Å². The zero-order valence-electron chi connectivity index (χ0n) is 25.5. The first kappa shape index (κ1) is 31.5. The molecule has 0 spiro atoms. The number of thiophene rings is 1. The Labute approximate surface area is 268 Å². The van der Waals surface area contributed by atoms with Crippen LogP contribution in [0.1, 0.15) is 68.1 Å². The molecular formula is C33H40N4O6S2. The van der Waals surface area contributed by atoms with Crippen LogP contribution in [0.4, 0.5) is 0 Å². The second kappa shape index (κ2) is 13.1. The number of carbonyl (C=O) groups is 4. The molecular weight excluding hydrogens is 613 g/mol. The molecule has 6 rings (SSSR count). The Morgan fingerprint density at radius 2 is 1.82 bits per heavy atom. The van der Waals surface area contributed by atoms with Crippen LogP contribution in [0.3, 0.4) is 0 Å². The maximum absolute atomic E-state index is 13.7. The fourth-order valence-electron chi connectivity index (χ4n) is 6.63. The lowest BCUT2D eigenvalue weighted by Crippen LogP contribution is -2.72. The number of fused-ring (bicyclic) bond motifs is 2. The van der Waals surface area contributed by atoms with E-state index in [2.05, 4.69) is 5.32 Å². The highest BCUT2D eigenvalue weighted by Crippen LogP contribution is 2.37. The molecule has 1 aromatic heterocycles. The number of amides is 4. The van der Waals surface area contributed by atoms with E-state index in [-0.39, 0.29) is 17.7 Å². The number of sulfonamides is 1. The first-order chi connectivity index (χ1) is 21.6. The highest BCUT2D eigenvalue weighted by molar-refractivity contribution is 7.90. The van der Waals surface area contributed by atoms with E-state index in [0.29, 0.717) is 44.3 Å². The molecule has 12 heteroatoms. The summed E-state index contributed by atoms with van der Waals surface area (Å²) in [5.41, 5.74) is 1.64. The summed E-state index contributed by atoms with van der Waals surface area (Å²) in [5, 5.41) is 4.13. The van der Waals surface area contributed by atoms with E-state index in [4.69, 9.17) is 0 Å². The van der Waals surface area contributed by atoms with Crippen molar-refractivity contribution < 1.29 is 27.6 Å². The first-order valence-electron chi connectivity index (χ1n) is 15.9. The van der Waals surface area contributed by atoms with E-state index < -0.39 is 45.2 Å². The highest BCUT2D eigenvalue weighted by Gasteiger charge is 2.57. The number of nitrogens with zero attached hydrogens (tertiary/aromatic N) is 3. The molecule has 0 bridgehead atoms. The minimum Gasteiger partial charge on any atom is -0.341 e. The number of hydrogen-bond donors (Lipinski definition) is 1. The van der Waals surface area contributed by atoms with E-state index in [9.17, 15) is 27.6 Å². The van der Waals surface area contributed by atoms with Gasteiger partial charge in [-0.15, -0.1) is 11.3 Å². The van der Waals surface area contributed by atoms with Gasteiger partial charge in [0, 0.05) is 36.8 Å². The summed E-state index contributed by atoms with van der Waals surface area (Å²) in [6.07, 6.45) is 9.55. The van der Waals surface area contributed by atoms with E-state index in [1.54, 1.807) is 22.9 Å². The molecule has 4 atom stereocenters. The molecule has 2 saturated heterocycles. The Bertz CT molecular complexity index is 1580. The van der Waals surface area contributed by atoms with E-state index >= 15 is 0 Å². The van der Waals surface area contributed by atoms with E-state index in [0.717, 1.165) is 46.8 Å². The van der Waals surface area contributed by atoms with Crippen LogP contribution in [0.25, 0.3) is 10.4 Å². The number of nitrogens with one attached hydrogen (secondary N) is 1. The quantitative estimate of drug-likeness (QED) is 0.374. The molecule has 1 unspecified atom stereocenters. The molecule has 4 amide bonds. The monoisotopic (exact) mass is 652 g/mol. The van der Waals surface area contributed by atoms with Gasteiger partial charge in [-0.2, -0.15) is 0 Å². The summed E-state index contributed by atoms with van der Waals surface area (Å²) < 4.78 is 27.0. The Morgan fingerprint density at radius 3 is 2.58 bits per heavy atom. The number of carbonyl (C=O) groups excluding carboxylic acids is 4. The second-order valence-corrected chi connectivity index (χ2v) is 15.7. The largest absolute Gasteiger partial charge is 0.341 e. The lowest BCUT2D eigenvalue weighted by atomic mass is 9.96. The van der Waals surface area contributed by atoms with Crippen LogP contribution in [0.2, 0.25) is 0 Å². The molecule has 1 saturated carbocycles. The van der Waals surface area contributed by atoms with Gasteiger partial charge < -0.3 is 15.1 Å². The molecule has 2 aromatic rings. The number of rotatable bonds is 6. The van der Waals surface area contributed by atoms with Gasteiger partial charge in [0.1, 0.15) is 12.1 Å². The topological polar surface area (TPSA) is 124 Å². The highest BCUT2D eigenvalue weighted by atomic mass is 32.2. The van der Waals surface area contributed by atoms with Gasteiger partial charge in [-0.3, -0.25) is 19.2 Å². The van der Waals surface area contributed by atoms with Gasteiger partial charge in [-0.1, -0.05) is 55.3 Å².